The second-order valence-corrected chi connectivity index (χ2v) is 10.2. The number of aryl methyl sites for hydroxylation is 1. The molecule has 6 rings (SSSR count). The van der Waals surface area contributed by atoms with Crippen molar-refractivity contribution in [3.8, 4) is 28.7 Å². The molecular formula is C30H29N3O7. The molecule has 4 bridgehead atoms. The number of methoxy groups -OCH3 is 1. The van der Waals surface area contributed by atoms with Crippen molar-refractivity contribution in [1.82, 2.24) is 10.2 Å². The first-order valence-electron chi connectivity index (χ1n) is 13.1. The molecule has 40 heavy (non-hydrogen) atoms. The van der Waals surface area contributed by atoms with Gasteiger partial charge >= 0.3 is 0 Å². The van der Waals surface area contributed by atoms with Gasteiger partial charge in [0.1, 0.15) is 5.75 Å². The fourth-order valence-corrected chi connectivity index (χ4v) is 5.50. The third kappa shape index (κ3) is 4.66. The van der Waals surface area contributed by atoms with E-state index in [2.05, 4.69) is 5.32 Å². The highest BCUT2D eigenvalue weighted by molar-refractivity contribution is 6.01. The van der Waals surface area contributed by atoms with Crippen LogP contribution in [0.5, 0.6) is 28.7 Å². The minimum atomic E-state index is -0.333. The van der Waals surface area contributed by atoms with Gasteiger partial charge in [-0.3, -0.25) is 14.4 Å². The predicted octanol–water partition coefficient (Wildman–Crippen LogP) is 3.22. The number of nitrogens with zero attached hydrogens (tertiary/aromatic N) is 2. The number of likely N-dealkylation sites (tertiary alicyclic amines) is 1. The zero-order valence-electron chi connectivity index (χ0n) is 22.2. The topological polar surface area (TPSA) is 118 Å². The van der Waals surface area contributed by atoms with Crippen LogP contribution < -0.4 is 24.4 Å². The fraction of sp³-hybridized carbons (Fsp3) is 0.300. The lowest BCUT2D eigenvalue weighted by Crippen LogP contribution is -2.40. The maximum atomic E-state index is 13.7. The zero-order valence-corrected chi connectivity index (χ0v) is 22.2. The molecule has 0 aromatic heterocycles. The van der Waals surface area contributed by atoms with E-state index in [1.54, 1.807) is 61.5 Å². The summed E-state index contributed by atoms with van der Waals surface area (Å²) in [6, 6.07) is 15.3. The van der Waals surface area contributed by atoms with E-state index in [0.717, 1.165) is 11.1 Å². The Balaban J connectivity index is 1.34. The van der Waals surface area contributed by atoms with Gasteiger partial charge in [0.25, 0.3) is 11.8 Å². The lowest BCUT2D eigenvalue weighted by Gasteiger charge is -2.26. The Kier molecular flexibility index (Phi) is 6.45. The molecule has 0 saturated carbocycles. The maximum absolute atomic E-state index is 13.7. The van der Waals surface area contributed by atoms with Gasteiger partial charge in [-0.1, -0.05) is 12.1 Å². The molecule has 2 N–H and O–H groups in total. The number of fused-ring (bicyclic) bond motifs is 7. The van der Waals surface area contributed by atoms with Gasteiger partial charge in [0, 0.05) is 38.0 Å². The van der Waals surface area contributed by atoms with Crippen LogP contribution in [0, 0.1) is 0 Å². The van der Waals surface area contributed by atoms with Gasteiger partial charge in [0.05, 0.1) is 18.8 Å². The van der Waals surface area contributed by atoms with Crippen LogP contribution in [0.2, 0.25) is 0 Å². The molecule has 2 atom stereocenters. The predicted molar refractivity (Wildman–Crippen MR) is 145 cm³/mol. The van der Waals surface area contributed by atoms with Crippen molar-refractivity contribution < 1.29 is 33.7 Å². The molecule has 0 radical (unpaired) electrons. The van der Waals surface area contributed by atoms with Gasteiger partial charge < -0.3 is 34.4 Å². The van der Waals surface area contributed by atoms with Crippen molar-refractivity contribution in [2.24, 2.45) is 0 Å². The van der Waals surface area contributed by atoms with Gasteiger partial charge in [-0.25, -0.2) is 0 Å². The normalized spacial score (nSPS) is 20.1. The van der Waals surface area contributed by atoms with Gasteiger partial charge in [-0.15, -0.1) is 0 Å². The highest BCUT2D eigenvalue weighted by Gasteiger charge is 2.38. The number of hydrogen-bond acceptors (Lipinski definition) is 7. The van der Waals surface area contributed by atoms with E-state index in [1.807, 2.05) is 12.1 Å². The van der Waals surface area contributed by atoms with Gasteiger partial charge in [0.2, 0.25) is 5.91 Å². The van der Waals surface area contributed by atoms with Crippen LogP contribution in [0.4, 0.5) is 5.69 Å². The quantitative estimate of drug-likeness (QED) is 0.510. The summed E-state index contributed by atoms with van der Waals surface area (Å²) in [6.07, 6.45) is 0.703. The van der Waals surface area contributed by atoms with E-state index in [9.17, 15) is 19.5 Å². The zero-order chi connectivity index (χ0) is 28.0. The second kappa shape index (κ2) is 10.1. The molecule has 0 unspecified atom stereocenters. The number of amides is 3. The van der Waals surface area contributed by atoms with Gasteiger partial charge in [-0.2, -0.15) is 0 Å². The number of hydrogen-bond donors (Lipinski definition) is 2. The highest BCUT2D eigenvalue weighted by atomic mass is 16.5. The average molecular weight is 544 g/mol. The van der Waals surface area contributed by atoms with Crippen LogP contribution in [-0.2, 0) is 16.0 Å². The Morgan fingerprint density at radius 3 is 2.67 bits per heavy atom. The molecule has 206 valence electrons. The van der Waals surface area contributed by atoms with Crippen LogP contribution in [0.25, 0.3) is 0 Å². The largest absolute Gasteiger partial charge is 0.504 e. The lowest BCUT2D eigenvalue weighted by atomic mass is 9.93. The third-order valence-corrected chi connectivity index (χ3v) is 7.75. The van der Waals surface area contributed by atoms with Crippen LogP contribution in [0.15, 0.2) is 54.6 Å². The number of phenols is 1. The molecule has 10 heteroatoms. The minimum absolute atomic E-state index is 0.0196. The van der Waals surface area contributed by atoms with E-state index in [1.165, 1.54) is 4.90 Å². The third-order valence-electron chi connectivity index (χ3n) is 7.75. The molecule has 3 aliphatic heterocycles. The average Bonchev–Trinajstić information content (AvgIpc) is 3.38. The molecule has 3 aliphatic rings. The Labute approximate surface area is 231 Å². The van der Waals surface area contributed by atoms with Crippen molar-refractivity contribution in [1.29, 1.82) is 0 Å². The Bertz CT molecular complexity index is 1520. The fourth-order valence-electron chi connectivity index (χ4n) is 5.50. The summed E-state index contributed by atoms with van der Waals surface area (Å²) in [5, 5.41) is 13.6. The lowest BCUT2D eigenvalue weighted by molar-refractivity contribution is -0.122. The van der Waals surface area contributed by atoms with Crippen molar-refractivity contribution in [2.45, 2.75) is 24.8 Å². The number of benzene rings is 3. The molecule has 3 aromatic rings. The van der Waals surface area contributed by atoms with Crippen molar-refractivity contribution in [2.75, 3.05) is 38.8 Å². The Morgan fingerprint density at radius 1 is 1.00 bits per heavy atom. The smallest absolute Gasteiger partial charge is 0.264 e. The number of likely N-dealkylation sites (N-methyl/N-ethyl adjacent to an activating group) is 1. The number of carbonyl (C=O) groups is 3. The molecule has 1 saturated heterocycles. The molecule has 10 nitrogen and oxygen atoms in total. The SMILES string of the molecule is COc1ccc2cc1Oc1cc(ccc1O)CCC(=O)N[C@@H]1CN(C(=O)c3ccc4c(c3)N(C)C(=O)CO4)C[C@@H]21. The van der Waals surface area contributed by atoms with E-state index >= 15 is 0 Å². The summed E-state index contributed by atoms with van der Waals surface area (Å²) in [7, 11) is 3.20. The molecule has 1 fully saturated rings. The van der Waals surface area contributed by atoms with Crippen molar-refractivity contribution in [3.63, 3.8) is 0 Å². The Morgan fingerprint density at radius 2 is 1.85 bits per heavy atom. The Hall–Kier alpha value is -4.73. The minimum Gasteiger partial charge on any atom is -0.504 e. The van der Waals surface area contributed by atoms with Crippen molar-refractivity contribution in [3.05, 3.63) is 71.3 Å². The molecule has 3 aromatic carbocycles. The standard InChI is InChI=1S/C30H29N3O7/c1-32-22-12-19(6-8-24(22)39-16-29(32)36)30(37)33-14-20-18-5-9-25(38-2)27(13-18)40-26-11-17(3-7-23(26)34)4-10-28(35)31-21(20)15-33/h3,5-9,11-13,20-21,34H,4,10,14-16H2,1-2H3,(H,31,35)/t20-,21+/m0/s1. The van der Waals surface area contributed by atoms with E-state index in [4.69, 9.17) is 14.2 Å². The number of carbonyl (C=O) groups excluding carboxylic acids is 3. The van der Waals surface area contributed by atoms with Gasteiger partial charge in [0.15, 0.2) is 29.6 Å². The van der Waals surface area contributed by atoms with E-state index in [-0.39, 0.29) is 54.2 Å². The van der Waals surface area contributed by atoms with Crippen molar-refractivity contribution >= 4 is 23.4 Å². The number of phenolic OH excluding ortho intramolecular Hbond substituents is 1. The highest BCUT2D eigenvalue weighted by Crippen LogP contribution is 2.40. The summed E-state index contributed by atoms with van der Waals surface area (Å²) < 4.78 is 17.1. The number of nitrogens with one attached hydrogen (secondary N) is 1. The summed E-state index contributed by atoms with van der Waals surface area (Å²) in [4.78, 5) is 42.0. The molecule has 0 spiro atoms. The summed E-state index contributed by atoms with van der Waals surface area (Å²) in [5.41, 5.74) is 2.67. The molecular weight excluding hydrogens is 514 g/mol. The maximum Gasteiger partial charge on any atom is 0.264 e. The van der Waals surface area contributed by atoms with Crippen LogP contribution >= 0.6 is 0 Å². The number of anilines is 1. The van der Waals surface area contributed by atoms with Crippen LogP contribution in [0.1, 0.15) is 33.8 Å². The molecule has 0 aliphatic carbocycles. The number of ether oxygens (including phenoxy) is 3. The number of rotatable bonds is 2. The van der Waals surface area contributed by atoms with Gasteiger partial charge in [-0.05, 0) is 60.0 Å². The monoisotopic (exact) mass is 543 g/mol. The van der Waals surface area contributed by atoms with Crippen LogP contribution in [0.3, 0.4) is 0 Å². The van der Waals surface area contributed by atoms with Crippen LogP contribution in [-0.4, -0.2) is 67.6 Å². The number of aromatic hydroxyl groups is 1. The summed E-state index contributed by atoms with van der Waals surface area (Å²) >= 11 is 0. The summed E-state index contributed by atoms with van der Waals surface area (Å²) in [6.45, 7) is 0.634. The molecule has 3 heterocycles. The van der Waals surface area contributed by atoms with E-state index < -0.39 is 0 Å². The summed E-state index contributed by atoms with van der Waals surface area (Å²) in [5.74, 6) is 0.969. The van der Waals surface area contributed by atoms with E-state index in [0.29, 0.717) is 48.0 Å². The molecule has 3 amide bonds. The first kappa shape index (κ1) is 25.5. The first-order chi connectivity index (χ1) is 19.3. The second-order valence-electron chi connectivity index (χ2n) is 10.2. The first-order valence-corrected chi connectivity index (χ1v) is 13.1.